The van der Waals surface area contributed by atoms with Gasteiger partial charge in [-0.05, 0) is 0 Å². The number of nitrogens with one attached hydrogen (secondary N) is 5. The van der Waals surface area contributed by atoms with E-state index in [1.54, 1.807) is 0 Å². The van der Waals surface area contributed by atoms with Crippen LogP contribution in [-0.4, -0.2) is 29.9 Å². The summed E-state index contributed by atoms with van der Waals surface area (Å²) < 4.78 is 0. The zero-order valence-corrected chi connectivity index (χ0v) is 9.31. The number of aromatic amines is 5. The molecular formula is C9H8N6O4. The van der Waals surface area contributed by atoms with E-state index in [0.29, 0.717) is 0 Å². The Morgan fingerprint density at radius 1 is 0.895 bits per heavy atom. The van der Waals surface area contributed by atoms with E-state index >= 15 is 0 Å². The van der Waals surface area contributed by atoms with Crippen molar-refractivity contribution in [1.82, 2.24) is 29.9 Å². The fourth-order valence-corrected chi connectivity index (χ4v) is 1.25. The minimum Gasteiger partial charge on any atom is -0.339 e. The molecule has 0 aliphatic carbocycles. The summed E-state index contributed by atoms with van der Waals surface area (Å²) in [6.07, 6.45) is 2.64. The van der Waals surface area contributed by atoms with Crippen molar-refractivity contribution in [3.63, 3.8) is 0 Å². The Bertz CT molecular complexity index is 885. The summed E-state index contributed by atoms with van der Waals surface area (Å²) in [4.78, 5) is 56.9. The number of hydrogen-bond donors (Lipinski definition) is 5. The maximum atomic E-state index is 10.9. The Balaban J connectivity index is 0.000000148. The highest BCUT2D eigenvalue weighted by Crippen LogP contribution is 1.92. The van der Waals surface area contributed by atoms with Crippen LogP contribution in [0.5, 0.6) is 0 Å². The molecule has 0 aliphatic rings. The monoisotopic (exact) mass is 264 g/mol. The van der Waals surface area contributed by atoms with Crippen molar-refractivity contribution in [2.45, 2.75) is 0 Å². The fourth-order valence-electron chi connectivity index (χ4n) is 1.25. The van der Waals surface area contributed by atoms with Gasteiger partial charge in [-0.2, -0.15) is 0 Å². The van der Waals surface area contributed by atoms with Crippen molar-refractivity contribution in [2.24, 2.45) is 0 Å². The molecule has 0 unspecified atom stereocenters. The summed E-state index contributed by atoms with van der Waals surface area (Å²) in [5.41, 5.74) is -1.30. The molecule has 5 N–H and O–H groups in total. The lowest BCUT2D eigenvalue weighted by molar-refractivity contribution is 1.04. The van der Waals surface area contributed by atoms with Gasteiger partial charge in [-0.15, -0.1) is 0 Å². The van der Waals surface area contributed by atoms with Crippen molar-refractivity contribution in [2.75, 3.05) is 0 Å². The first-order chi connectivity index (χ1) is 9.06. The molecule has 0 saturated carbocycles. The van der Waals surface area contributed by atoms with Crippen LogP contribution in [0.4, 0.5) is 0 Å². The van der Waals surface area contributed by atoms with Crippen LogP contribution in [0.3, 0.4) is 0 Å². The van der Waals surface area contributed by atoms with Gasteiger partial charge in [0, 0.05) is 12.3 Å². The van der Waals surface area contributed by atoms with Crippen molar-refractivity contribution < 1.29 is 0 Å². The highest BCUT2D eigenvalue weighted by molar-refractivity contribution is 5.67. The van der Waals surface area contributed by atoms with Gasteiger partial charge in [-0.3, -0.25) is 24.5 Å². The molecule has 0 radical (unpaired) electrons. The van der Waals surface area contributed by atoms with Crippen molar-refractivity contribution in [3.8, 4) is 0 Å². The quantitative estimate of drug-likeness (QED) is 0.317. The molecule has 3 heterocycles. The molecule has 0 bridgehead atoms. The molecule has 10 heteroatoms. The minimum absolute atomic E-state index is 0.277. The van der Waals surface area contributed by atoms with E-state index in [1.807, 2.05) is 4.98 Å². The second kappa shape index (κ2) is 5.00. The predicted octanol–water partition coefficient (Wildman–Crippen LogP) is -2.00. The SMILES string of the molecule is O=c1[nH]c(=O)c2[nH]cnc2[nH]1.O=c1cc[nH]c(=O)[nH]1. The molecular weight excluding hydrogens is 256 g/mol. The van der Waals surface area contributed by atoms with Crippen LogP contribution in [0.1, 0.15) is 0 Å². The Morgan fingerprint density at radius 2 is 1.68 bits per heavy atom. The fraction of sp³-hybridized carbons (Fsp3) is 0. The second-order valence-corrected chi connectivity index (χ2v) is 3.33. The molecule has 0 amide bonds. The van der Waals surface area contributed by atoms with Gasteiger partial charge < -0.3 is 9.97 Å². The predicted molar refractivity (Wildman–Crippen MR) is 65.0 cm³/mol. The molecule has 0 atom stereocenters. The molecule has 3 aromatic heterocycles. The topological polar surface area (TPSA) is 160 Å². The van der Waals surface area contributed by atoms with Gasteiger partial charge in [0.2, 0.25) is 0 Å². The van der Waals surface area contributed by atoms with E-state index in [2.05, 4.69) is 24.9 Å². The summed E-state index contributed by atoms with van der Waals surface area (Å²) >= 11 is 0. The van der Waals surface area contributed by atoms with Crippen LogP contribution in [-0.2, 0) is 0 Å². The van der Waals surface area contributed by atoms with Crippen LogP contribution in [0.2, 0.25) is 0 Å². The molecule has 98 valence electrons. The Labute approximate surface area is 102 Å². The first-order valence-corrected chi connectivity index (χ1v) is 5.00. The first-order valence-electron chi connectivity index (χ1n) is 5.00. The van der Waals surface area contributed by atoms with Crippen LogP contribution in [0.15, 0.2) is 37.8 Å². The normalized spacial score (nSPS) is 9.89. The number of rotatable bonds is 0. The minimum atomic E-state index is -0.547. The Kier molecular flexibility index (Phi) is 3.23. The third-order valence-corrected chi connectivity index (χ3v) is 2.01. The lowest BCUT2D eigenvalue weighted by Gasteiger charge is -1.83. The number of nitrogens with zero attached hydrogens (tertiary/aromatic N) is 1. The smallest absolute Gasteiger partial charge is 0.327 e. The molecule has 10 nitrogen and oxygen atoms in total. The molecule has 0 aliphatic heterocycles. The zero-order valence-electron chi connectivity index (χ0n) is 9.31. The highest BCUT2D eigenvalue weighted by Gasteiger charge is 1.99. The molecule has 0 aromatic carbocycles. The number of H-pyrrole nitrogens is 5. The Hall–Kier alpha value is -3.17. The summed E-state index contributed by atoms with van der Waals surface area (Å²) in [6, 6.07) is 1.24. The second-order valence-electron chi connectivity index (χ2n) is 3.33. The van der Waals surface area contributed by atoms with E-state index < -0.39 is 16.9 Å². The standard InChI is InChI=1S/C5H4N4O2.C4H4N2O2/c10-4-2-3(7-1-6-2)8-5(11)9-4;7-3-1-2-5-4(8)6-3/h1H,(H3,6,7,8,9,10,11);1-2H,(H2,5,6,7,8). The first kappa shape index (κ1) is 12.3. The third-order valence-electron chi connectivity index (χ3n) is 2.01. The van der Waals surface area contributed by atoms with Crippen LogP contribution < -0.4 is 22.5 Å². The van der Waals surface area contributed by atoms with Gasteiger partial charge in [0.25, 0.3) is 11.1 Å². The maximum Gasteiger partial charge on any atom is 0.327 e. The largest absolute Gasteiger partial charge is 0.339 e. The average Bonchev–Trinajstić information content (AvgIpc) is 2.77. The highest BCUT2D eigenvalue weighted by atomic mass is 16.2. The van der Waals surface area contributed by atoms with Gasteiger partial charge in [-0.1, -0.05) is 0 Å². The molecule has 3 rings (SSSR count). The summed E-state index contributed by atoms with van der Waals surface area (Å²) in [5, 5.41) is 0. The maximum absolute atomic E-state index is 10.9. The molecule has 0 fully saturated rings. The van der Waals surface area contributed by atoms with Crippen molar-refractivity contribution in [3.05, 3.63) is 60.3 Å². The van der Waals surface area contributed by atoms with Crippen molar-refractivity contribution in [1.29, 1.82) is 0 Å². The van der Waals surface area contributed by atoms with Gasteiger partial charge in [0.05, 0.1) is 6.33 Å². The third kappa shape index (κ3) is 2.94. The lowest BCUT2D eigenvalue weighted by Crippen LogP contribution is -2.21. The van der Waals surface area contributed by atoms with Crippen molar-refractivity contribution >= 4 is 11.2 Å². The number of imidazole rings is 1. The number of hydrogen-bond acceptors (Lipinski definition) is 5. The summed E-state index contributed by atoms with van der Waals surface area (Å²) in [7, 11) is 0. The lowest BCUT2D eigenvalue weighted by atomic mass is 10.5. The average molecular weight is 264 g/mol. The molecule has 0 saturated heterocycles. The number of fused-ring (bicyclic) bond motifs is 1. The van der Waals surface area contributed by atoms with Crippen LogP contribution in [0, 0.1) is 0 Å². The van der Waals surface area contributed by atoms with E-state index in [4.69, 9.17) is 0 Å². The Morgan fingerprint density at radius 3 is 2.32 bits per heavy atom. The van der Waals surface area contributed by atoms with Gasteiger partial charge in [0.1, 0.15) is 5.52 Å². The molecule has 19 heavy (non-hydrogen) atoms. The van der Waals surface area contributed by atoms with E-state index in [0.717, 1.165) is 0 Å². The van der Waals surface area contributed by atoms with Crippen LogP contribution >= 0.6 is 0 Å². The zero-order chi connectivity index (χ0) is 13.8. The van der Waals surface area contributed by atoms with Gasteiger partial charge in [0.15, 0.2) is 5.65 Å². The van der Waals surface area contributed by atoms with E-state index in [9.17, 15) is 19.2 Å². The molecule has 3 aromatic rings. The molecule has 0 spiro atoms. The number of aromatic nitrogens is 6. The summed E-state index contributed by atoms with van der Waals surface area (Å²) in [5.74, 6) is 0. The van der Waals surface area contributed by atoms with E-state index in [-0.39, 0.29) is 16.7 Å². The van der Waals surface area contributed by atoms with Crippen LogP contribution in [0.25, 0.3) is 11.2 Å². The van der Waals surface area contributed by atoms with E-state index in [1.165, 1.54) is 18.6 Å². The summed E-state index contributed by atoms with van der Waals surface area (Å²) in [6.45, 7) is 0. The van der Waals surface area contributed by atoms with Gasteiger partial charge in [-0.25, -0.2) is 14.6 Å². The van der Waals surface area contributed by atoms with Gasteiger partial charge >= 0.3 is 11.4 Å².